The van der Waals surface area contributed by atoms with Crippen LogP contribution in [0.15, 0.2) is 29.3 Å². The number of benzene rings is 1. The predicted octanol–water partition coefficient (Wildman–Crippen LogP) is 1.37. The first-order chi connectivity index (χ1) is 10.1. The normalized spacial score (nSPS) is 29.3. The van der Waals surface area contributed by atoms with Gasteiger partial charge in [0.2, 0.25) is 0 Å². The van der Waals surface area contributed by atoms with Crippen LogP contribution in [0.2, 0.25) is 0 Å². The number of ether oxygens (including phenoxy) is 2. The highest BCUT2D eigenvalue weighted by Crippen LogP contribution is 2.53. The molecule has 1 aromatic carbocycles. The van der Waals surface area contributed by atoms with E-state index in [9.17, 15) is 0 Å². The molecule has 2 atom stereocenters. The number of guanidine groups is 1. The maximum absolute atomic E-state index is 6.15. The van der Waals surface area contributed by atoms with Crippen LogP contribution in [-0.2, 0) is 10.2 Å². The minimum Gasteiger partial charge on any atom is -0.496 e. The molecule has 21 heavy (non-hydrogen) atoms. The van der Waals surface area contributed by atoms with Gasteiger partial charge in [0.15, 0.2) is 5.96 Å². The molecule has 5 heteroatoms. The van der Waals surface area contributed by atoms with E-state index in [4.69, 9.17) is 20.2 Å². The first kappa shape index (κ1) is 14.2. The summed E-state index contributed by atoms with van der Waals surface area (Å²) in [5, 5.41) is 0. The van der Waals surface area contributed by atoms with E-state index in [-0.39, 0.29) is 11.5 Å². The SMILES string of the molecule is COc1ccccc1C1(C)CC1N=C(N)N1CCOCC1. The van der Waals surface area contributed by atoms with Crippen LogP contribution in [0.5, 0.6) is 5.75 Å². The Balaban J connectivity index is 1.74. The van der Waals surface area contributed by atoms with Crippen molar-refractivity contribution in [3.05, 3.63) is 29.8 Å². The fourth-order valence-corrected chi connectivity index (χ4v) is 2.97. The summed E-state index contributed by atoms with van der Waals surface area (Å²) in [5.41, 5.74) is 7.40. The van der Waals surface area contributed by atoms with Crippen molar-refractivity contribution in [2.45, 2.75) is 24.8 Å². The zero-order chi connectivity index (χ0) is 14.9. The second-order valence-corrected chi connectivity index (χ2v) is 5.92. The Hall–Kier alpha value is -1.75. The molecule has 1 saturated heterocycles. The number of methoxy groups -OCH3 is 1. The number of aliphatic imine (C=N–C) groups is 1. The molecule has 0 amide bonds. The van der Waals surface area contributed by atoms with Gasteiger partial charge in [0.25, 0.3) is 0 Å². The van der Waals surface area contributed by atoms with Crippen LogP contribution in [0.25, 0.3) is 0 Å². The first-order valence-corrected chi connectivity index (χ1v) is 7.44. The molecule has 3 rings (SSSR count). The van der Waals surface area contributed by atoms with Gasteiger partial charge in [-0.1, -0.05) is 25.1 Å². The van der Waals surface area contributed by atoms with Crippen LogP contribution < -0.4 is 10.5 Å². The van der Waals surface area contributed by atoms with Gasteiger partial charge in [-0.05, 0) is 12.5 Å². The third-order valence-electron chi connectivity index (χ3n) is 4.54. The largest absolute Gasteiger partial charge is 0.496 e. The highest BCUT2D eigenvalue weighted by atomic mass is 16.5. The Morgan fingerprint density at radius 2 is 2.10 bits per heavy atom. The fraction of sp³-hybridized carbons (Fsp3) is 0.562. The summed E-state index contributed by atoms with van der Waals surface area (Å²) in [6.07, 6.45) is 1.01. The van der Waals surface area contributed by atoms with Gasteiger partial charge in [-0.3, -0.25) is 0 Å². The van der Waals surface area contributed by atoms with Gasteiger partial charge in [0.1, 0.15) is 5.75 Å². The van der Waals surface area contributed by atoms with Crippen molar-refractivity contribution in [2.75, 3.05) is 33.4 Å². The van der Waals surface area contributed by atoms with Crippen molar-refractivity contribution in [1.29, 1.82) is 0 Å². The van der Waals surface area contributed by atoms with Gasteiger partial charge in [0, 0.05) is 24.1 Å². The summed E-state index contributed by atoms with van der Waals surface area (Å²) < 4.78 is 10.8. The Morgan fingerprint density at radius 3 is 2.81 bits per heavy atom. The summed E-state index contributed by atoms with van der Waals surface area (Å²) in [7, 11) is 1.71. The topological polar surface area (TPSA) is 60.1 Å². The van der Waals surface area contributed by atoms with E-state index in [1.54, 1.807) is 7.11 Å². The van der Waals surface area contributed by atoms with E-state index >= 15 is 0 Å². The number of para-hydroxylation sites is 1. The third kappa shape index (κ3) is 2.70. The summed E-state index contributed by atoms with van der Waals surface area (Å²) in [6, 6.07) is 8.41. The number of hydrogen-bond acceptors (Lipinski definition) is 3. The van der Waals surface area contributed by atoms with Crippen LogP contribution in [0.1, 0.15) is 18.9 Å². The molecule has 2 N–H and O–H groups in total. The van der Waals surface area contributed by atoms with Gasteiger partial charge in [-0.2, -0.15) is 0 Å². The molecule has 1 heterocycles. The van der Waals surface area contributed by atoms with E-state index in [0.29, 0.717) is 5.96 Å². The van der Waals surface area contributed by atoms with Crippen LogP contribution in [-0.4, -0.2) is 50.3 Å². The number of nitrogens with zero attached hydrogens (tertiary/aromatic N) is 2. The third-order valence-corrected chi connectivity index (χ3v) is 4.54. The molecule has 0 bridgehead atoms. The number of hydrogen-bond donors (Lipinski definition) is 1. The van der Waals surface area contributed by atoms with Crippen molar-refractivity contribution in [1.82, 2.24) is 4.90 Å². The molecule has 0 radical (unpaired) electrons. The molecule has 2 aliphatic rings. The lowest BCUT2D eigenvalue weighted by molar-refractivity contribution is 0.0674. The predicted molar refractivity (Wildman–Crippen MR) is 82.8 cm³/mol. The average Bonchev–Trinajstić information content (AvgIpc) is 3.19. The molecule has 1 aliphatic heterocycles. The second kappa shape index (κ2) is 5.56. The summed E-state index contributed by atoms with van der Waals surface area (Å²) in [5.74, 6) is 1.57. The number of nitrogens with two attached hydrogens (primary N) is 1. The maximum Gasteiger partial charge on any atom is 0.191 e. The molecule has 0 spiro atoms. The molecule has 2 unspecified atom stereocenters. The van der Waals surface area contributed by atoms with E-state index in [1.165, 1.54) is 5.56 Å². The lowest BCUT2D eigenvalue weighted by Crippen LogP contribution is -2.45. The van der Waals surface area contributed by atoms with E-state index < -0.39 is 0 Å². The molecular weight excluding hydrogens is 266 g/mol. The van der Waals surface area contributed by atoms with Crippen molar-refractivity contribution in [2.24, 2.45) is 10.7 Å². The van der Waals surface area contributed by atoms with Gasteiger partial charge in [0.05, 0.1) is 26.4 Å². The van der Waals surface area contributed by atoms with Crippen LogP contribution in [0.4, 0.5) is 0 Å². The Kier molecular flexibility index (Phi) is 3.76. The van der Waals surface area contributed by atoms with Crippen LogP contribution in [0.3, 0.4) is 0 Å². The van der Waals surface area contributed by atoms with Gasteiger partial charge < -0.3 is 20.1 Å². The Labute approximate surface area is 125 Å². The maximum atomic E-state index is 6.15. The van der Waals surface area contributed by atoms with Crippen molar-refractivity contribution in [3.63, 3.8) is 0 Å². The smallest absolute Gasteiger partial charge is 0.191 e. The first-order valence-electron chi connectivity index (χ1n) is 7.44. The number of morpholine rings is 1. The summed E-state index contributed by atoms with van der Waals surface area (Å²) in [4.78, 5) is 6.83. The Morgan fingerprint density at radius 1 is 1.38 bits per heavy atom. The zero-order valence-corrected chi connectivity index (χ0v) is 12.7. The molecule has 2 fully saturated rings. The van der Waals surface area contributed by atoms with E-state index in [1.807, 2.05) is 18.2 Å². The molecule has 1 aliphatic carbocycles. The van der Waals surface area contributed by atoms with E-state index in [2.05, 4.69) is 17.9 Å². The zero-order valence-electron chi connectivity index (χ0n) is 12.7. The highest BCUT2D eigenvalue weighted by Gasteiger charge is 2.53. The molecule has 0 aromatic heterocycles. The molecule has 1 saturated carbocycles. The molecule has 5 nitrogen and oxygen atoms in total. The monoisotopic (exact) mass is 289 g/mol. The van der Waals surface area contributed by atoms with E-state index in [0.717, 1.165) is 38.5 Å². The minimum absolute atomic E-state index is 0.0313. The van der Waals surface area contributed by atoms with Gasteiger partial charge in [-0.15, -0.1) is 0 Å². The molecular formula is C16H23N3O2. The fourth-order valence-electron chi connectivity index (χ4n) is 2.97. The minimum atomic E-state index is 0.0313. The van der Waals surface area contributed by atoms with Crippen LogP contribution in [0, 0.1) is 0 Å². The van der Waals surface area contributed by atoms with Crippen molar-refractivity contribution >= 4 is 5.96 Å². The quantitative estimate of drug-likeness (QED) is 0.674. The van der Waals surface area contributed by atoms with Crippen molar-refractivity contribution in [3.8, 4) is 5.75 Å². The summed E-state index contributed by atoms with van der Waals surface area (Å²) >= 11 is 0. The lowest BCUT2D eigenvalue weighted by Gasteiger charge is -2.27. The molecule has 1 aromatic rings. The summed E-state index contributed by atoms with van der Waals surface area (Å²) in [6.45, 7) is 5.34. The van der Waals surface area contributed by atoms with Crippen molar-refractivity contribution < 1.29 is 9.47 Å². The van der Waals surface area contributed by atoms with Gasteiger partial charge >= 0.3 is 0 Å². The number of rotatable bonds is 3. The molecule has 114 valence electrons. The highest BCUT2D eigenvalue weighted by molar-refractivity contribution is 5.79. The average molecular weight is 289 g/mol. The van der Waals surface area contributed by atoms with Gasteiger partial charge in [-0.25, -0.2) is 4.99 Å². The lowest BCUT2D eigenvalue weighted by atomic mass is 9.96. The second-order valence-electron chi connectivity index (χ2n) is 5.92. The van der Waals surface area contributed by atoms with Crippen LogP contribution >= 0.6 is 0 Å². The Bertz CT molecular complexity index is 540. The standard InChI is InChI=1S/C16H23N3O2/c1-16(12-5-3-4-6-13(12)20-2)11-14(16)18-15(17)19-7-9-21-10-8-19/h3-6,14H,7-11H2,1-2H3,(H2,17,18).